The largest absolute Gasteiger partial charge is 0.354 e. The Morgan fingerprint density at radius 3 is 2.03 bits per heavy atom. The summed E-state index contributed by atoms with van der Waals surface area (Å²) in [5, 5.41) is 0.969. The molecule has 1 heterocycles. The second kappa shape index (κ2) is 7.70. The fourth-order valence-electron chi connectivity index (χ4n) is 3.94. The number of carbonyl (C=O) groups excluding carboxylic acids is 2. The summed E-state index contributed by atoms with van der Waals surface area (Å²) in [6, 6.07) is 9.17. The Morgan fingerprint density at radius 1 is 0.897 bits per heavy atom. The molecule has 3 rings (SSSR count). The molecule has 0 aliphatic carbocycles. The summed E-state index contributed by atoms with van der Waals surface area (Å²) < 4.78 is 5.82. The van der Waals surface area contributed by atoms with E-state index < -0.39 is 17.1 Å². The summed E-state index contributed by atoms with van der Waals surface area (Å²) >= 11 is 18.7. The van der Waals surface area contributed by atoms with Gasteiger partial charge in [-0.05, 0) is 62.9 Å². The number of carbonyl (C=O) groups is 2. The molecule has 1 saturated heterocycles. The monoisotopic (exact) mass is 452 g/mol. The fourth-order valence-corrected chi connectivity index (χ4v) is 4.58. The third-order valence-electron chi connectivity index (χ3n) is 5.41. The lowest BCUT2D eigenvalue weighted by Gasteiger charge is -2.43. The topological polar surface area (TPSA) is 43.4 Å². The molecule has 0 N–H and O–H groups in total. The Kier molecular flexibility index (Phi) is 5.92. The van der Waals surface area contributed by atoms with E-state index in [1.165, 1.54) is 0 Å². The number of ether oxygens (including phenoxy) is 1. The smallest absolute Gasteiger partial charge is 0.179 e. The average Bonchev–Trinajstić information content (AvgIpc) is 2.64. The molecule has 29 heavy (non-hydrogen) atoms. The van der Waals surface area contributed by atoms with Gasteiger partial charge in [0.1, 0.15) is 17.1 Å². The van der Waals surface area contributed by atoms with Crippen LogP contribution in [0.5, 0.6) is 0 Å². The fraction of sp³-hybridized carbons (Fsp3) is 0.391. The quantitative estimate of drug-likeness (QED) is 0.384. The summed E-state index contributed by atoms with van der Waals surface area (Å²) in [4.78, 5) is 26.4. The lowest BCUT2D eigenvalue weighted by Crippen LogP contribution is -2.58. The molecule has 0 radical (unpaired) electrons. The lowest BCUT2D eigenvalue weighted by molar-refractivity contribution is -0.184. The summed E-state index contributed by atoms with van der Waals surface area (Å²) in [5.41, 5.74) is 0.949. The molecule has 6 heteroatoms. The minimum absolute atomic E-state index is 0.242. The van der Waals surface area contributed by atoms with Crippen LogP contribution in [0.3, 0.4) is 0 Å². The molecule has 1 aliphatic heterocycles. The number of halogens is 3. The highest BCUT2D eigenvalue weighted by Crippen LogP contribution is 2.42. The summed E-state index contributed by atoms with van der Waals surface area (Å²) in [7, 11) is 0. The molecule has 0 amide bonds. The van der Waals surface area contributed by atoms with Crippen molar-refractivity contribution in [2.24, 2.45) is 0 Å². The van der Waals surface area contributed by atoms with Gasteiger partial charge in [-0.3, -0.25) is 9.59 Å². The standard InChI is InChI=1S/C23H23Cl3O3/c1-6-12-7-8-13(14-9-10-16(24)19(26)18(14)25)11-15(12)17-20(27)22(2,3)29-23(4,5)21(17)28/h7-11,17H,6H2,1-5H3. The van der Waals surface area contributed by atoms with Gasteiger partial charge in [-0.25, -0.2) is 0 Å². The van der Waals surface area contributed by atoms with Gasteiger partial charge >= 0.3 is 0 Å². The Hall–Kier alpha value is -1.39. The van der Waals surface area contributed by atoms with Gasteiger partial charge in [0.25, 0.3) is 0 Å². The van der Waals surface area contributed by atoms with Crippen LogP contribution < -0.4 is 0 Å². The maximum atomic E-state index is 13.2. The Labute approximate surface area is 186 Å². The average molecular weight is 454 g/mol. The van der Waals surface area contributed by atoms with Gasteiger partial charge in [0.05, 0.1) is 15.1 Å². The van der Waals surface area contributed by atoms with Crippen molar-refractivity contribution in [1.29, 1.82) is 0 Å². The molecule has 0 bridgehead atoms. The van der Waals surface area contributed by atoms with Gasteiger partial charge in [-0.15, -0.1) is 0 Å². The SMILES string of the molecule is CCc1ccc(-c2ccc(Cl)c(Cl)c2Cl)cc1C1C(=O)C(C)(C)OC(C)(C)C1=O. The number of benzene rings is 2. The molecule has 1 aliphatic rings. The number of ketones is 2. The van der Waals surface area contributed by atoms with Crippen molar-refractivity contribution in [3.63, 3.8) is 0 Å². The molecule has 2 aromatic rings. The predicted octanol–water partition coefficient (Wildman–Crippen LogP) is 6.69. The van der Waals surface area contributed by atoms with E-state index in [9.17, 15) is 9.59 Å². The first kappa shape index (κ1) is 22.3. The van der Waals surface area contributed by atoms with E-state index in [0.717, 1.165) is 11.1 Å². The molecule has 0 spiro atoms. The van der Waals surface area contributed by atoms with Crippen LogP contribution in [0.25, 0.3) is 11.1 Å². The zero-order chi connectivity index (χ0) is 21.7. The molecular formula is C23H23Cl3O3. The van der Waals surface area contributed by atoms with E-state index in [1.807, 2.05) is 25.1 Å². The minimum Gasteiger partial charge on any atom is -0.354 e. The highest BCUT2D eigenvalue weighted by molar-refractivity contribution is 6.49. The number of hydrogen-bond donors (Lipinski definition) is 0. The van der Waals surface area contributed by atoms with E-state index in [0.29, 0.717) is 27.6 Å². The molecule has 0 aromatic heterocycles. The minimum atomic E-state index is -1.07. The van der Waals surface area contributed by atoms with E-state index in [1.54, 1.807) is 39.8 Å². The Bertz CT molecular complexity index is 983. The van der Waals surface area contributed by atoms with Gasteiger partial charge in [0, 0.05) is 5.56 Å². The molecular weight excluding hydrogens is 431 g/mol. The van der Waals surface area contributed by atoms with Gasteiger partial charge in [-0.2, -0.15) is 0 Å². The third kappa shape index (κ3) is 3.86. The number of hydrogen-bond acceptors (Lipinski definition) is 3. The third-order valence-corrected chi connectivity index (χ3v) is 6.70. The van der Waals surface area contributed by atoms with Crippen molar-refractivity contribution < 1.29 is 14.3 Å². The lowest BCUT2D eigenvalue weighted by atomic mass is 9.73. The number of Topliss-reactive ketones (excluding diaryl/α,β-unsaturated/α-hetero) is 2. The maximum absolute atomic E-state index is 13.2. The van der Waals surface area contributed by atoms with Crippen LogP contribution in [0.4, 0.5) is 0 Å². The van der Waals surface area contributed by atoms with Crippen LogP contribution in [-0.2, 0) is 20.7 Å². The normalized spacial score (nSPS) is 18.9. The van der Waals surface area contributed by atoms with Gasteiger partial charge in [-0.1, -0.05) is 59.9 Å². The first-order valence-electron chi connectivity index (χ1n) is 9.46. The van der Waals surface area contributed by atoms with Crippen LogP contribution in [0.15, 0.2) is 30.3 Å². The Balaban J connectivity index is 2.22. The zero-order valence-corrected chi connectivity index (χ0v) is 19.3. The molecule has 1 fully saturated rings. The maximum Gasteiger partial charge on any atom is 0.179 e. The van der Waals surface area contributed by atoms with Crippen molar-refractivity contribution in [1.82, 2.24) is 0 Å². The first-order chi connectivity index (χ1) is 13.4. The van der Waals surface area contributed by atoms with Gasteiger partial charge < -0.3 is 4.74 Å². The van der Waals surface area contributed by atoms with Crippen LogP contribution in [0.2, 0.25) is 15.1 Å². The van der Waals surface area contributed by atoms with Gasteiger partial charge in [0.15, 0.2) is 11.6 Å². The molecule has 0 unspecified atom stereocenters. The number of rotatable bonds is 3. The Morgan fingerprint density at radius 2 is 1.48 bits per heavy atom. The molecule has 0 atom stereocenters. The number of aryl methyl sites for hydroxylation is 1. The first-order valence-corrected chi connectivity index (χ1v) is 10.6. The molecule has 2 aromatic carbocycles. The molecule has 154 valence electrons. The highest BCUT2D eigenvalue weighted by atomic mass is 35.5. The van der Waals surface area contributed by atoms with Crippen molar-refractivity contribution in [2.75, 3.05) is 0 Å². The van der Waals surface area contributed by atoms with Gasteiger partial charge in [0.2, 0.25) is 0 Å². The van der Waals surface area contributed by atoms with Crippen LogP contribution >= 0.6 is 34.8 Å². The van der Waals surface area contributed by atoms with E-state index >= 15 is 0 Å². The van der Waals surface area contributed by atoms with Crippen molar-refractivity contribution in [3.8, 4) is 11.1 Å². The van der Waals surface area contributed by atoms with Crippen LogP contribution in [0.1, 0.15) is 51.7 Å². The van der Waals surface area contributed by atoms with Crippen molar-refractivity contribution in [2.45, 2.75) is 58.2 Å². The van der Waals surface area contributed by atoms with Crippen molar-refractivity contribution >= 4 is 46.4 Å². The van der Waals surface area contributed by atoms with E-state index in [2.05, 4.69) is 0 Å². The van der Waals surface area contributed by atoms with E-state index in [4.69, 9.17) is 39.5 Å². The van der Waals surface area contributed by atoms with Crippen LogP contribution in [0, 0.1) is 0 Å². The second-order valence-corrected chi connectivity index (χ2v) is 9.44. The summed E-state index contributed by atoms with van der Waals surface area (Å²) in [6.45, 7) is 8.84. The van der Waals surface area contributed by atoms with E-state index in [-0.39, 0.29) is 16.6 Å². The van der Waals surface area contributed by atoms with Crippen LogP contribution in [-0.4, -0.2) is 22.8 Å². The molecule has 3 nitrogen and oxygen atoms in total. The summed E-state index contributed by atoms with van der Waals surface area (Å²) in [5.74, 6) is -1.38. The second-order valence-electron chi connectivity index (χ2n) is 8.27. The van der Waals surface area contributed by atoms with Crippen molar-refractivity contribution in [3.05, 3.63) is 56.5 Å². The summed E-state index contributed by atoms with van der Waals surface area (Å²) in [6.07, 6.45) is 0.684. The highest BCUT2D eigenvalue weighted by Gasteiger charge is 2.53. The molecule has 0 saturated carbocycles. The predicted molar refractivity (Wildman–Crippen MR) is 118 cm³/mol. The zero-order valence-electron chi connectivity index (χ0n) is 17.0.